The van der Waals surface area contributed by atoms with E-state index in [0.29, 0.717) is 10.2 Å². The number of nitrogens with one attached hydrogen (secondary N) is 1. The molecule has 0 amide bonds. The van der Waals surface area contributed by atoms with Crippen LogP contribution in [0.3, 0.4) is 0 Å². The lowest BCUT2D eigenvalue weighted by molar-refractivity contribution is 0.163. The maximum absolute atomic E-state index is 12.3. The number of anilines is 1. The van der Waals surface area contributed by atoms with Crippen LogP contribution in [0.4, 0.5) is 5.69 Å². The van der Waals surface area contributed by atoms with Gasteiger partial charge in [-0.15, -0.1) is 0 Å². The van der Waals surface area contributed by atoms with Gasteiger partial charge in [0.05, 0.1) is 7.11 Å². The summed E-state index contributed by atoms with van der Waals surface area (Å²) in [7, 11) is -2.39. The van der Waals surface area contributed by atoms with E-state index in [0.717, 1.165) is 0 Å². The molecule has 0 aliphatic heterocycles. The monoisotopic (exact) mass is 366 g/mol. The zero-order chi connectivity index (χ0) is 15.6. The first-order valence-corrected chi connectivity index (χ1v) is 8.14. The third kappa shape index (κ3) is 4.08. The van der Waals surface area contributed by atoms with Crippen molar-refractivity contribution in [2.75, 3.05) is 26.0 Å². The molecule has 0 aliphatic rings. The van der Waals surface area contributed by atoms with Gasteiger partial charge in [-0.1, -0.05) is 13.8 Å². The Morgan fingerprint density at radius 2 is 2.05 bits per heavy atom. The third-order valence-electron chi connectivity index (χ3n) is 2.74. The second-order valence-electron chi connectivity index (χ2n) is 5.17. The molecule has 0 aliphatic carbocycles. The number of hydrogen-bond donors (Lipinski definition) is 3. The highest BCUT2D eigenvalue weighted by molar-refractivity contribution is 9.10. The van der Waals surface area contributed by atoms with Crippen LogP contribution in [0, 0.1) is 5.41 Å². The molecule has 20 heavy (non-hydrogen) atoms. The number of hydrogen-bond acceptors (Lipinski definition) is 5. The highest BCUT2D eigenvalue weighted by Gasteiger charge is 2.25. The van der Waals surface area contributed by atoms with E-state index in [-0.39, 0.29) is 23.8 Å². The number of nitrogen functional groups attached to an aromatic ring is 1. The van der Waals surface area contributed by atoms with Gasteiger partial charge in [0.2, 0.25) is 10.0 Å². The van der Waals surface area contributed by atoms with Crippen molar-refractivity contribution in [3.8, 4) is 5.75 Å². The van der Waals surface area contributed by atoms with E-state index in [4.69, 9.17) is 15.6 Å². The molecule has 1 aromatic rings. The summed E-state index contributed by atoms with van der Waals surface area (Å²) < 4.78 is 32.7. The van der Waals surface area contributed by atoms with Gasteiger partial charge in [-0.25, -0.2) is 13.1 Å². The maximum atomic E-state index is 12.3. The van der Waals surface area contributed by atoms with Crippen molar-refractivity contribution in [2.24, 2.45) is 5.41 Å². The molecule has 0 atom stereocenters. The van der Waals surface area contributed by atoms with Gasteiger partial charge in [0, 0.05) is 28.7 Å². The van der Waals surface area contributed by atoms with Crippen molar-refractivity contribution >= 4 is 31.6 Å². The van der Waals surface area contributed by atoms with Gasteiger partial charge in [0.1, 0.15) is 10.6 Å². The number of nitrogens with two attached hydrogens (primary N) is 1. The van der Waals surface area contributed by atoms with E-state index in [2.05, 4.69) is 20.7 Å². The molecule has 6 nitrogen and oxygen atoms in total. The van der Waals surface area contributed by atoms with Gasteiger partial charge in [-0.2, -0.15) is 0 Å². The van der Waals surface area contributed by atoms with Crippen LogP contribution in [0.2, 0.25) is 0 Å². The van der Waals surface area contributed by atoms with E-state index in [1.807, 2.05) is 0 Å². The Balaban J connectivity index is 3.13. The zero-order valence-corrected chi connectivity index (χ0v) is 14.0. The molecular weight excluding hydrogens is 348 g/mol. The van der Waals surface area contributed by atoms with Gasteiger partial charge in [0.25, 0.3) is 0 Å². The predicted octanol–water partition coefficient (Wildman–Crippen LogP) is 1.34. The lowest BCUT2D eigenvalue weighted by Gasteiger charge is -2.22. The molecule has 0 saturated carbocycles. The van der Waals surface area contributed by atoms with Crippen LogP contribution >= 0.6 is 15.9 Å². The summed E-state index contributed by atoms with van der Waals surface area (Å²) in [4.78, 5) is -0.0329. The van der Waals surface area contributed by atoms with Crippen LogP contribution in [-0.4, -0.2) is 33.8 Å². The van der Waals surface area contributed by atoms with Gasteiger partial charge in [-0.05, 0) is 28.1 Å². The van der Waals surface area contributed by atoms with E-state index < -0.39 is 15.4 Å². The summed E-state index contributed by atoms with van der Waals surface area (Å²) in [5, 5.41) is 9.16. The Labute approximate surface area is 127 Å². The second-order valence-corrected chi connectivity index (χ2v) is 7.76. The third-order valence-corrected chi connectivity index (χ3v) is 4.85. The van der Waals surface area contributed by atoms with Crippen LogP contribution < -0.4 is 15.2 Å². The average Bonchev–Trinajstić information content (AvgIpc) is 2.39. The van der Waals surface area contributed by atoms with Gasteiger partial charge >= 0.3 is 0 Å². The number of benzene rings is 1. The summed E-state index contributed by atoms with van der Waals surface area (Å²) in [6, 6.07) is 2.83. The molecule has 8 heteroatoms. The Hall–Kier alpha value is -0.830. The lowest BCUT2D eigenvalue weighted by Crippen LogP contribution is -2.36. The Morgan fingerprint density at radius 3 is 2.55 bits per heavy atom. The average molecular weight is 367 g/mol. The lowest BCUT2D eigenvalue weighted by atomic mass is 9.96. The van der Waals surface area contributed by atoms with E-state index >= 15 is 0 Å². The van der Waals surface area contributed by atoms with Crippen LogP contribution in [0.5, 0.6) is 5.75 Å². The van der Waals surface area contributed by atoms with E-state index in [1.54, 1.807) is 13.8 Å². The molecule has 0 radical (unpaired) electrons. The van der Waals surface area contributed by atoms with E-state index in [9.17, 15) is 8.42 Å². The molecule has 1 rings (SSSR count). The van der Waals surface area contributed by atoms with Crippen LogP contribution in [0.15, 0.2) is 21.5 Å². The zero-order valence-electron chi connectivity index (χ0n) is 11.6. The fraction of sp³-hybridized carbons (Fsp3) is 0.500. The van der Waals surface area contributed by atoms with Crippen molar-refractivity contribution in [3.63, 3.8) is 0 Å². The number of rotatable bonds is 6. The minimum absolute atomic E-state index is 0.0329. The van der Waals surface area contributed by atoms with Crippen molar-refractivity contribution in [3.05, 3.63) is 16.6 Å². The SMILES string of the molecule is COc1cc(Br)c(N)cc1S(=O)(=O)NCC(C)(C)CO. The van der Waals surface area contributed by atoms with Crippen molar-refractivity contribution in [1.82, 2.24) is 4.72 Å². The summed E-state index contributed by atoms with van der Waals surface area (Å²) in [5.41, 5.74) is 5.46. The number of halogens is 1. The fourth-order valence-corrected chi connectivity index (χ4v) is 3.09. The first-order chi connectivity index (χ1) is 9.13. The number of methoxy groups -OCH3 is 1. The minimum atomic E-state index is -3.77. The molecule has 4 N–H and O–H groups in total. The number of aliphatic hydroxyl groups excluding tert-OH is 1. The first kappa shape index (κ1) is 17.2. The molecule has 0 heterocycles. The number of ether oxygens (including phenoxy) is 1. The Kier molecular flexibility index (Phi) is 5.42. The standard InChI is InChI=1S/C12H19BrN2O4S/c1-12(2,7-16)6-15-20(17,18)11-5-9(14)8(13)4-10(11)19-3/h4-5,15-16H,6-7,14H2,1-3H3. The summed E-state index contributed by atoms with van der Waals surface area (Å²) in [5.74, 6) is 0.195. The summed E-state index contributed by atoms with van der Waals surface area (Å²) in [6.45, 7) is 3.48. The van der Waals surface area contributed by atoms with E-state index in [1.165, 1.54) is 19.2 Å². The van der Waals surface area contributed by atoms with Crippen molar-refractivity contribution in [2.45, 2.75) is 18.7 Å². The first-order valence-electron chi connectivity index (χ1n) is 5.86. The largest absolute Gasteiger partial charge is 0.495 e. The molecule has 0 spiro atoms. The number of aliphatic hydroxyl groups is 1. The Morgan fingerprint density at radius 1 is 1.45 bits per heavy atom. The van der Waals surface area contributed by atoms with Crippen LogP contribution in [0.25, 0.3) is 0 Å². The topological polar surface area (TPSA) is 102 Å². The predicted molar refractivity (Wildman–Crippen MR) is 81.2 cm³/mol. The highest BCUT2D eigenvalue weighted by Crippen LogP contribution is 2.32. The molecule has 0 bridgehead atoms. The number of sulfonamides is 1. The minimum Gasteiger partial charge on any atom is -0.495 e. The summed E-state index contributed by atoms with van der Waals surface area (Å²) in [6.07, 6.45) is 0. The molecule has 1 aromatic carbocycles. The molecule has 0 aromatic heterocycles. The quantitative estimate of drug-likeness (QED) is 0.659. The van der Waals surface area contributed by atoms with Crippen molar-refractivity contribution in [1.29, 1.82) is 0 Å². The fourth-order valence-electron chi connectivity index (χ4n) is 1.34. The Bertz CT molecular complexity index is 587. The maximum Gasteiger partial charge on any atom is 0.244 e. The molecule has 0 saturated heterocycles. The van der Waals surface area contributed by atoms with Gasteiger partial charge in [-0.3, -0.25) is 0 Å². The molecule has 0 fully saturated rings. The molecular formula is C12H19BrN2O4S. The van der Waals surface area contributed by atoms with Gasteiger partial charge < -0.3 is 15.6 Å². The normalized spacial score (nSPS) is 12.4. The summed E-state index contributed by atoms with van der Waals surface area (Å²) >= 11 is 3.22. The van der Waals surface area contributed by atoms with Crippen LogP contribution in [0.1, 0.15) is 13.8 Å². The smallest absolute Gasteiger partial charge is 0.244 e. The van der Waals surface area contributed by atoms with Crippen LogP contribution in [-0.2, 0) is 10.0 Å². The molecule has 0 unspecified atom stereocenters. The van der Waals surface area contributed by atoms with Gasteiger partial charge in [0.15, 0.2) is 0 Å². The highest BCUT2D eigenvalue weighted by atomic mass is 79.9. The molecule has 114 valence electrons. The van der Waals surface area contributed by atoms with Crippen molar-refractivity contribution < 1.29 is 18.3 Å². The second kappa shape index (κ2) is 6.30.